The molecule has 2 aromatic rings. The smallest absolute Gasteiger partial charge is 0.356 e. The molecule has 134 valence electrons. The molecule has 0 aliphatic carbocycles. The monoisotopic (exact) mass is 348 g/mol. The van der Waals surface area contributed by atoms with Crippen LogP contribution in [0.15, 0.2) is 18.5 Å². The molecular formula is C15H20N6O4. The van der Waals surface area contributed by atoms with Crippen molar-refractivity contribution in [3.8, 4) is 0 Å². The van der Waals surface area contributed by atoms with E-state index >= 15 is 0 Å². The number of nitrogens with one attached hydrogen (secondary N) is 1. The molecule has 10 nitrogen and oxygen atoms in total. The predicted molar refractivity (Wildman–Crippen MR) is 88.4 cm³/mol. The first kappa shape index (κ1) is 18.2. The molecule has 2 N–H and O–H groups in total. The maximum absolute atomic E-state index is 12.3. The largest absolute Gasteiger partial charge is 0.476 e. The van der Waals surface area contributed by atoms with Gasteiger partial charge in [-0.3, -0.25) is 19.0 Å². The van der Waals surface area contributed by atoms with E-state index in [1.54, 1.807) is 14.1 Å². The molecule has 0 atom stereocenters. The van der Waals surface area contributed by atoms with Crippen molar-refractivity contribution >= 4 is 23.5 Å². The third kappa shape index (κ3) is 4.22. The van der Waals surface area contributed by atoms with Gasteiger partial charge in [0.25, 0.3) is 5.91 Å². The number of carboxylic acid groups (broad SMARTS) is 1. The summed E-state index contributed by atoms with van der Waals surface area (Å²) in [6.45, 7) is 2.57. The fraction of sp³-hybridized carbons (Fsp3) is 0.400. The molecular weight excluding hydrogens is 328 g/mol. The molecule has 0 bridgehead atoms. The van der Waals surface area contributed by atoms with Crippen molar-refractivity contribution in [3.05, 3.63) is 29.8 Å². The molecule has 10 heteroatoms. The van der Waals surface area contributed by atoms with Crippen LogP contribution < -0.4 is 5.32 Å². The van der Waals surface area contributed by atoms with E-state index in [4.69, 9.17) is 5.11 Å². The van der Waals surface area contributed by atoms with E-state index in [2.05, 4.69) is 15.5 Å². The number of rotatable bonds is 7. The predicted octanol–water partition coefficient (Wildman–Crippen LogP) is 0.528. The van der Waals surface area contributed by atoms with E-state index in [-0.39, 0.29) is 30.5 Å². The van der Waals surface area contributed by atoms with E-state index in [0.29, 0.717) is 17.9 Å². The zero-order valence-corrected chi connectivity index (χ0v) is 14.3. The molecule has 0 radical (unpaired) electrons. The lowest BCUT2D eigenvalue weighted by Crippen LogP contribution is -2.26. The first-order valence-corrected chi connectivity index (χ1v) is 7.67. The van der Waals surface area contributed by atoms with Crippen LogP contribution in [0.5, 0.6) is 0 Å². The lowest BCUT2D eigenvalue weighted by atomic mass is 10.3. The summed E-state index contributed by atoms with van der Waals surface area (Å²) in [7, 11) is 3.25. The van der Waals surface area contributed by atoms with Gasteiger partial charge in [-0.25, -0.2) is 4.79 Å². The summed E-state index contributed by atoms with van der Waals surface area (Å²) in [6, 6.07) is 1.36. The summed E-state index contributed by atoms with van der Waals surface area (Å²) in [5, 5.41) is 19.4. The first-order valence-electron chi connectivity index (χ1n) is 7.67. The van der Waals surface area contributed by atoms with Gasteiger partial charge in [0, 0.05) is 39.8 Å². The molecule has 0 fully saturated rings. The number of aryl methyl sites for hydroxylation is 2. The topological polar surface area (TPSA) is 122 Å². The first-order chi connectivity index (χ1) is 11.8. The van der Waals surface area contributed by atoms with Crippen LogP contribution in [-0.4, -0.2) is 61.4 Å². The molecule has 2 aromatic heterocycles. The molecule has 2 heterocycles. The maximum atomic E-state index is 12.3. The second kappa shape index (κ2) is 7.60. The lowest BCUT2D eigenvalue weighted by Gasteiger charge is -2.13. The minimum Gasteiger partial charge on any atom is -0.476 e. The second-order valence-corrected chi connectivity index (χ2v) is 5.49. The summed E-state index contributed by atoms with van der Waals surface area (Å²) in [6.07, 6.45) is 3.01. The fourth-order valence-electron chi connectivity index (χ4n) is 2.18. The summed E-state index contributed by atoms with van der Waals surface area (Å²) in [5.74, 6) is -1.70. The SMILES string of the molecule is CCn1ncc(NC(=O)CCn2ccc(C(=O)O)n2)c1C(=O)N(C)C. The Morgan fingerprint density at radius 1 is 1.32 bits per heavy atom. The number of hydrogen-bond donors (Lipinski definition) is 2. The average Bonchev–Trinajstić information content (AvgIpc) is 3.18. The second-order valence-electron chi connectivity index (χ2n) is 5.49. The van der Waals surface area contributed by atoms with Gasteiger partial charge in [0.1, 0.15) is 5.69 Å². The van der Waals surface area contributed by atoms with Gasteiger partial charge >= 0.3 is 5.97 Å². The zero-order chi connectivity index (χ0) is 18.6. The van der Waals surface area contributed by atoms with Crippen LogP contribution in [0.25, 0.3) is 0 Å². The van der Waals surface area contributed by atoms with Crippen molar-refractivity contribution in [1.82, 2.24) is 24.5 Å². The number of carboxylic acids is 1. The zero-order valence-electron chi connectivity index (χ0n) is 14.3. The molecule has 0 aromatic carbocycles. The van der Waals surface area contributed by atoms with Gasteiger partial charge in [-0.05, 0) is 13.0 Å². The lowest BCUT2D eigenvalue weighted by molar-refractivity contribution is -0.116. The minimum absolute atomic E-state index is 0.0770. The Labute approximate surface area is 144 Å². The van der Waals surface area contributed by atoms with E-state index in [1.807, 2.05) is 6.92 Å². The van der Waals surface area contributed by atoms with E-state index in [9.17, 15) is 14.4 Å². The van der Waals surface area contributed by atoms with Gasteiger partial charge in [0.05, 0.1) is 11.9 Å². The fourth-order valence-corrected chi connectivity index (χ4v) is 2.18. The standard InChI is InChI=1S/C15H20N6O4/c1-4-21-13(14(23)19(2)3)11(9-16-21)17-12(22)6-8-20-7-5-10(18-20)15(24)25/h5,7,9H,4,6,8H2,1-3H3,(H,17,22)(H,24,25). The summed E-state index contributed by atoms with van der Waals surface area (Å²) in [4.78, 5) is 36.6. The van der Waals surface area contributed by atoms with E-state index in [0.717, 1.165) is 0 Å². The molecule has 0 spiro atoms. The molecule has 0 aliphatic rings. The van der Waals surface area contributed by atoms with Crippen molar-refractivity contribution in [2.75, 3.05) is 19.4 Å². The number of nitrogens with zero attached hydrogens (tertiary/aromatic N) is 5. The van der Waals surface area contributed by atoms with Crippen molar-refractivity contribution < 1.29 is 19.5 Å². The van der Waals surface area contributed by atoms with Gasteiger partial charge in [-0.15, -0.1) is 0 Å². The van der Waals surface area contributed by atoms with Crippen LogP contribution in [0.2, 0.25) is 0 Å². The van der Waals surface area contributed by atoms with Crippen LogP contribution in [0, 0.1) is 0 Å². The quantitative estimate of drug-likeness (QED) is 0.752. The average molecular weight is 348 g/mol. The molecule has 0 saturated carbocycles. The Hall–Kier alpha value is -3.17. The summed E-state index contributed by atoms with van der Waals surface area (Å²) >= 11 is 0. The molecule has 2 amide bonds. The Morgan fingerprint density at radius 2 is 2.04 bits per heavy atom. The van der Waals surface area contributed by atoms with Crippen molar-refractivity contribution in [2.45, 2.75) is 26.4 Å². The van der Waals surface area contributed by atoms with Crippen molar-refractivity contribution in [2.24, 2.45) is 0 Å². The number of carbonyl (C=O) groups excluding carboxylic acids is 2. The van der Waals surface area contributed by atoms with E-state index in [1.165, 1.54) is 32.7 Å². The Kier molecular flexibility index (Phi) is 5.52. The van der Waals surface area contributed by atoms with Gasteiger partial charge < -0.3 is 15.3 Å². The number of anilines is 1. The Morgan fingerprint density at radius 3 is 2.60 bits per heavy atom. The maximum Gasteiger partial charge on any atom is 0.356 e. The highest BCUT2D eigenvalue weighted by Crippen LogP contribution is 2.17. The van der Waals surface area contributed by atoms with Crippen LogP contribution in [0.4, 0.5) is 5.69 Å². The molecule has 0 aliphatic heterocycles. The van der Waals surface area contributed by atoms with E-state index < -0.39 is 5.97 Å². The highest BCUT2D eigenvalue weighted by molar-refractivity contribution is 6.02. The molecule has 0 unspecified atom stereocenters. The molecule has 25 heavy (non-hydrogen) atoms. The number of aromatic nitrogens is 4. The van der Waals surface area contributed by atoms with Crippen LogP contribution in [0.3, 0.4) is 0 Å². The minimum atomic E-state index is -1.12. The van der Waals surface area contributed by atoms with Gasteiger partial charge in [-0.2, -0.15) is 10.2 Å². The van der Waals surface area contributed by atoms with Gasteiger partial charge in [-0.1, -0.05) is 0 Å². The van der Waals surface area contributed by atoms with Crippen molar-refractivity contribution in [3.63, 3.8) is 0 Å². The number of amides is 2. The summed E-state index contributed by atoms with van der Waals surface area (Å²) < 4.78 is 2.90. The van der Waals surface area contributed by atoms with Crippen LogP contribution >= 0.6 is 0 Å². The molecule has 2 rings (SSSR count). The van der Waals surface area contributed by atoms with Crippen LogP contribution in [-0.2, 0) is 17.9 Å². The van der Waals surface area contributed by atoms with Crippen molar-refractivity contribution in [1.29, 1.82) is 0 Å². The third-order valence-corrected chi connectivity index (χ3v) is 3.45. The summed E-state index contributed by atoms with van der Waals surface area (Å²) in [5.41, 5.74) is 0.578. The van der Waals surface area contributed by atoms with Crippen LogP contribution in [0.1, 0.15) is 34.3 Å². The Bertz CT molecular complexity index is 792. The number of carbonyl (C=O) groups is 3. The normalized spacial score (nSPS) is 10.5. The van der Waals surface area contributed by atoms with Gasteiger partial charge in [0.2, 0.25) is 5.91 Å². The third-order valence-electron chi connectivity index (χ3n) is 3.45. The number of hydrogen-bond acceptors (Lipinski definition) is 5. The highest BCUT2D eigenvalue weighted by Gasteiger charge is 2.21. The highest BCUT2D eigenvalue weighted by atomic mass is 16.4. The molecule has 0 saturated heterocycles. The number of aromatic carboxylic acids is 1. The Balaban J connectivity index is 2.04. The van der Waals surface area contributed by atoms with Gasteiger partial charge in [0.15, 0.2) is 5.69 Å².